The van der Waals surface area contributed by atoms with Crippen LogP contribution in [0.2, 0.25) is 0 Å². The minimum Gasteiger partial charge on any atom is -0.481 e. The zero-order valence-corrected chi connectivity index (χ0v) is 8.82. The first kappa shape index (κ1) is 11.1. The lowest BCUT2D eigenvalue weighted by Gasteiger charge is -2.29. The lowest BCUT2D eigenvalue weighted by atomic mass is 9.81. The number of halogens is 1. The van der Waals surface area contributed by atoms with Gasteiger partial charge in [0.15, 0.2) is 0 Å². The van der Waals surface area contributed by atoms with Gasteiger partial charge < -0.3 is 10.4 Å². The largest absolute Gasteiger partial charge is 0.481 e. The molecule has 2 N–H and O–H groups in total. The summed E-state index contributed by atoms with van der Waals surface area (Å²) in [6.07, 6.45) is 0.780. The second-order valence-corrected chi connectivity index (χ2v) is 4.10. The van der Waals surface area contributed by atoms with Crippen LogP contribution in [0.25, 0.3) is 0 Å². The normalized spacial score (nSPS) is 25.3. The predicted octanol–water partition coefficient (Wildman–Crippen LogP) is 1.60. The van der Waals surface area contributed by atoms with Gasteiger partial charge in [-0.25, -0.2) is 4.39 Å². The summed E-state index contributed by atoms with van der Waals surface area (Å²) in [5.41, 5.74) is 0.912. The number of benzene rings is 1. The van der Waals surface area contributed by atoms with Gasteiger partial charge in [0.25, 0.3) is 0 Å². The SMILES string of the molecule is O=C(O)[C@@H]1CNCC[C@H]1c1ccc(F)cc1. The van der Waals surface area contributed by atoms with Crippen LogP contribution in [0.3, 0.4) is 0 Å². The van der Waals surface area contributed by atoms with E-state index in [0.717, 1.165) is 18.5 Å². The van der Waals surface area contributed by atoms with Crippen molar-refractivity contribution < 1.29 is 14.3 Å². The smallest absolute Gasteiger partial charge is 0.308 e. The molecule has 16 heavy (non-hydrogen) atoms. The number of aliphatic carboxylic acids is 1. The van der Waals surface area contributed by atoms with Crippen LogP contribution in [-0.4, -0.2) is 24.2 Å². The quantitative estimate of drug-likeness (QED) is 0.800. The van der Waals surface area contributed by atoms with Crippen molar-refractivity contribution in [2.75, 3.05) is 13.1 Å². The minimum absolute atomic E-state index is 0.0145. The van der Waals surface area contributed by atoms with E-state index in [4.69, 9.17) is 5.11 Å². The zero-order valence-electron chi connectivity index (χ0n) is 8.82. The van der Waals surface area contributed by atoms with E-state index in [1.165, 1.54) is 12.1 Å². The van der Waals surface area contributed by atoms with Gasteiger partial charge in [0.05, 0.1) is 5.92 Å². The Balaban J connectivity index is 2.23. The van der Waals surface area contributed by atoms with Crippen molar-refractivity contribution in [3.8, 4) is 0 Å². The highest BCUT2D eigenvalue weighted by Crippen LogP contribution is 2.30. The maximum Gasteiger partial charge on any atom is 0.308 e. The molecule has 0 aromatic heterocycles. The van der Waals surface area contributed by atoms with Crippen LogP contribution in [0.15, 0.2) is 24.3 Å². The molecule has 1 aliphatic heterocycles. The van der Waals surface area contributed by atoms with Gasteiger partial charge >= 0.3 is 5.97 Å². The lowest BCUT2D eigenvalue weighted by molar-refractivity contribution is -0.142. The molecule has 0 bridgehead atoms. The van der Waals surface area contributed by atoms with Gasteiger partial charge in [-0.2, -0.15) is 0 Å². The summed E-state index contributed by atoms with van der Waals surface area (Å²) in [5, 5.41) is 12.2. The second-order valence-electron chi connectivity index (χ2n) is 4.10. The van der Waals surface area contributed by atoms with E-state index in [2.05, 4.69) is 5.32 Å². The molecular weight excluding hydrogens is 209 g/mol. The Morgan fingerprint density at radius 1 is 1.38 bits per heavy atom. The number of hydrogen-bond donors (Lipinski definition) is 2. The van der Waals surface area contributed by atoms with E-state index in [0.29, 0.717) is 6.54 Å². The Bertz CT molecular complexity index is 377. The fourth-order valence-corrected chi connectivity index (χ4v) is 2.23. The molecule has 0 saturated carbocycles. The van der Waals surface area contributed by atoms with Crippen molar-refractivity contribution in [1.29, 1.82) is 0 Å². The van der Waals surface area contributed by atoms with Crippen LogP contribution in [0.1, 0.15) is 17.9 Å². The molecule has 0 spiro atoms. The van der Waals surface area contributed by atoms with E-state index >= 15 is 0 Å². The van der Waals surface area contributed by atoms with Crippen molar-refractivity contribution >= 4 is 5.97 Å². The highest BCUT2D eigenvalue weighted by Gasteiger charge is 2.31. The van der Waals surface area contributed by atoms with Crippen LogP contribution in [-0.2, 0) is 4.79 Å². The summed E-state index contributed by atoms with van der Waals surface area (Å²) in [4.78, 5) is 11.1. The van der Waals surface area contributed by atoms with Gasteiger partial charge in [0.1, 0.15) is 5.82 Å². The number of piperidine rings is 1. The molecule has 86 valence electrons. The minimum atomic E-state index is -0.790. The van der Waals surface area contributed by atoms with Crippen LogP contribution >= 0.6 is 0 Å². The molecule has 1 saturated heterocycles. The van der Waals surface area contributed by atoms with Gasteiger partial charge in [-0.15, -0.1) is 0 Å². The summed E-state index contributed by atoms with van der Waals surface area (Å²) in [7, 11) is 0. The third-order valence-electron chi connectivity index (χ3n) is 3.10. The first-order chi connectivity index (χ1) is 7.68. The monoisotopic (exact) mass is 223 g/mol. The molecule has 1 aromatic rings. The van der Waals surface area contributed by atoms with Gasteiger partial charge in [-0.05, 0) is 36.6 Å². The number of rotatable bonds is 2. The van der Waals surface area contributed by atoms with E-state index in [1.54, 1.807) is 12.1 Å². The maximum absolute atomic E-state index is 12.8. The molecule has 0 radical (unpaired) electrons. The molecule has 4 heteroatoms. The van der Waals surface area contributed by atoms with E-state index in [9.17, 15) is 9.18 Å². The van der Waals surface area contributed by atoms with Crippen LogP contribution in [0.4, 0.5) is 4.39 Å². The summed E-state index contributed by atoms with van der Waals surface area (Å²) >= 11 is 0. The van der Waals surface area contributed by atoms with Gasteiger partial charge in [0.2, 0.25) is 0 Å². The summed E-state index contributed by atoms with van der Waals surface area (Å²) < 4.78 is 12.8. The Morgan fingerprint density at radius 2 is 2.06 bits per heavy atom. The maximum atomic E-state index is 12.8. The van der Waals surface area contributed by atoms with E-state index in [-0.39, 0.29) is 11.7 Å². The van der Waals surface area contributed by atoms with E-state index < -0.39 is 11.9 Å². The molecule has 3 nitrogen and oxygen atoms in total. The third-order valence-corrected chi connectivity index (χ3v) is 3.10. The molecule has 2 atom stereocenters. The van der Waals surface area contributed by atoms with Crippen molar-refractivity contribution in [3.63, 3.8) is 0 Å². The lowest BCUT2D eigenvalue weighted by Crippen LogP contribution is -2.39. The van der Waals surface area contributed by atoms with E-state index in [1.807, 2.05) is 0 Å². The molecule has 1 heterocycles. The number of carboxylic acids is 1. The van der Waals surface area contributed by atoms with Gasteiger partial charge in [-0.1, -0.05) is 12.1 Å². The summed E-state index contributed by atoms with van der Waals surface area (Å²) in [6.45, 7) is 1.29. The fraction of sp³-hybridized carbons (Fsp3) is 0.417. The number of hydrogen-bond acceptors (Lipinski definition) is 2. The molecular formula is C12H14FNO2. The molecule has 0 aliphatic carbocycles. The van der Waals surface area contributed by atoms with Gasteiger partial charge in [-0.3, -0.25) is 4.79 Å². The van der Waals surface area contributed by atoms with Crippen LogP contribution < -0.4 is 5.32 Å². The van der Waals surface area contributed by atoms with Crippen molar-refractivity contribution in [1.82, 2.24) is 5.32 Å². The highest BCUT2D eigenvalue weighted by molar-refractivity contribution is 5.72. The number of carboxylic acid groups (broad SMARTS) is 1. The molecule has 1 aliphatic rings. The van der Waals surface area contributed by atoms with Crippen LogP contribution in [0, 0.1) is 11.7 Å². The Kier molecular flexibility index (Phi) is 3.19. The topological polar surface area (TPSA) is 49.3 Å². The summed E-state index contributed by atoms with van der Waals surface area (Å²) in [6, 6.07) is 6.13. The molecule has 0 unspecified atom stereocenters. The molecule has 1 fully saturated rings. The Labute approximate surface area is 93.3 Å². The predicted molar refractivity (Wildman–Crippen MR) is 57.8 cm³/mol. The Hall–Kier alpha value is -1.42. The molecule has 1 aromatic carbocycles. The first-order valence-corrected chi connectivity index (χ1v) is 5.37. The molecule has 2 rings (SSSR count). The number of carbonyl (C=O) groups is 1. The Morgan fingerprint density at radius 3 is 2.69 bits per heavy atom. The second kappa shape index (κ2) is 4.61. The standard InChI is InChI=1S/C12H14FNO2/c13-9-3-1-8(2-4-9)10-5-6-14-7-11(10)12(15)16/h1-4,10-11,14H,5-7H2,(H,15,16)/t10-,11+/m0/s1. The van der Waals surface area contributed by atoms with Gasteiger partial charge in [0, 0.05) is 6.54 Å². The van der Waals surface area contributed by atoms with Crippen LogP contribution in [0.5, 0.6) is 0 Å². The summed E-state index contributed by atoms with van der Waals surface area (Å²) in [5.74, 6) is -1.51. The zero-order chi connectivity index (χ0) is 11.5. The van der Waals surface area contributed by atoms with Crippen molar-refractivity contribution in [3.05, 3.63) is 35.6 Å². The average molecular weight is 223 g/mol. The molecule has 0 amide bonds. The van der Waals surface area contributed by atoms with Crippen molar-refractivity contribution in [2.24, 2.45) is 5.92 Å². The average Bonchev–Trinajstić information content (AvgIpc) is 2.30. The highest BCUT2D eigenvalue weighted by atomic mass is 19.1. The van der Waals surface area contributed by atoms with Crippen molar-refractivity contribution in [2.45, 2.75) is 12.3 Å². The fourth-order valence-electron chi connectivity index (χ4n) is 2.23. The third kappa shape index (κ3) is 2.22. The number of nitrogens with one attached hydrogen (secondary N) is 1. The first-order valence-electron chi connectivity index (χ1n) is 5.37.